The van der Waals surface area contributed by atoms with Crippen molar-refractivity contribution < 1.29 is 0 Å². The first kappa shape index (κ1) is 40.1. The van der Waals surface area contributed by atoms with Crippen LogP contribution in [0.5, 0.6) is 0 Å². The third-order valence-electron chi connectivity index (χ3n) is 13.2. The Kier molecular flexibility index (Phi) is 9.93. The van der Waals surface area contributed by atoms with Gasteiger partial charge in [-0.2, -0.15) is 0 Å². The van der Waals surface area contributed by atoms with Gasteiger partial charge in [-0.1, -0.05) is 209 Å². The van der Waals surface area contributed by atoms with Gasteiger partial charge >= 0.3 is 0 Å². The lowest BCUT2D eigenvalue weighted by Gasteiger charge is -2.30. The lowest BCUT2D eigenvalue weighted by atomic mass is 9.84. The lowest BCUT2D eigenvalue weighted by Crippen LogP contribution is -2.14. The zero-order chi connectivity index (χ0) is 44.2. The van der Waals surface area contributed by atoms with E-state index < -0.39 is 0 Å². The van der Waals surface area contributed by atoms with Gasteiger partial charge in [-0.05, 0) is 143 Å². The zero-order valence-electron chi connectivity index (χ0n) is 37.7. The molecule has 11 aromatic carbocycles. The summed E-state index contributed by atoms with van der Waals surface area (Å²) < 4.78 is 0. The van der Waals surface area contributed by atoms with E-state index in [4.69, 9.17) is 0 Å². The van der Waals surface area contributed by atoms with Crippen molar-refractivity contribution in [1.29, 1.82) is 0 Å². The Hall–Kier alpha value is -7.74. The van der Waals surface area contributed by atoms with E-state index in [-0.39, 0.29) is 5.41 Å². The van der Waals surface area contributed by atoms with E-state index in [0.29, 0.717) is 0 Å². The average Bonchev–Trinajstić information content (AvgIpc) is 3.33. The van der Waals surface area contributed by atoms with Gasteiger partial charge in [-0.3, -0.25) is 0 Å². The molecule has 11 rings (SSSR count). The Balaban J connectivity index is 1.12. The molecule has 0 aliphatic heterocycles. The van der Waals surface area contributed by atoms with Crippen LogP contribution in [0.4, 0.5) is 17.1 Å². The maximum atomic E-state index is 2.49. The summed E-state index contributed by atoms with van der Waals surface area (Å²) in [4.78, 5) is 2.49. The quantitative estimate of drug-likeness (QED) is 0.145. The van der Waals surface area contributed by atoms with Crippen LogP contribution in [0.1, 0.15) is 37.5 Å². The first-order valence-electron chi connectivity index (χ1n) is 22.8. The molecule has 0 aliphatic carbocycles. The number of aryl methyl sites for hydroxylation is 2. The Morgan fingerprint density at radius 2 is 0.677 bits per heavy atom. The molecule has 0 saturated carbocycles. The Bertz CT molecular complexity index is 3480. The zero-order valence-corrected chi connectivity index (χ0v) is 37.7. The van der Waals surface area contributed by atoms with Crippen LogP contribution in [0, 0.1) is 13.8 Å². The number of nitrogens with zero attached hydrogens (tertiary/aromatic N) is 1. The van der Waals surface area contributed by atoms with E-state index in [1.54, 1.807) is 0 Å². The molecule has 0 atom stereocenters. The minimum atomic E-state index is 0.0532. The fourth-order valence-corrected chi connectivity index (χ4v) is 10.3. The Morgan fingerprint density at radius 1 is 0.292 bits per heavy atom. The van der Waals surface area contributed by atoms with Crippen molar-refractivity contribution in [3.63, 3.8) is 0 Å². The van der Waals surface area contributed by atoms with Gasteiger partial charge in [0.2, 0.25) is 0 Å². The van der Waals surface area contributed by atoms with Gasteiger partial charge in [0, 0.05) is 22.1 Å². The first-order valence-corrected chi connectivity index (χ1v) is 22.8. The van der Waals surface area contributed by atoms with E-state index in [9.17, 15) is 0 Å². The van der Waals surface area contributed by atoms with E-state index in [1.165, 1.54) is 110 Å². The van der Waals surface area contributed by atoms with Crippen molar-refractivity contribution in [3.8, 4) is 44.5 Å². The molecule has 0 radical (unpaired) electrons. The van der Waals surface area contributed by atoms with Crippen LogP contribution in [0.25, 0.3) is 87.6 Å². The molecule has 0 unspecified atom stereocenters. The Labute approximate surface area is 382 Å². The van der Waals surface area contributed by atoms with Crippen molar-refractivity contribution in [2.75, 3.05) is 4.90 Å². The monoisotopic (exact) mass is 833 g/mol. The van der Waals surface area contributed by atoms with Gasteiger partial charge in [0.1, 0.15) is 0 Å². The molecule has 11 aromatic rings. The molecule has 0 N–H and O–H groups in total. The first-order chi connectivity index (χ1) is 31.7. The van der Waals surface area contributed by atoms with Gasteiger partial charge in [0.25, 0.3) is 0 Å². The minimum Gasteiger partial charge on any atom is -0.309 e. The number of hydrogen-bond donors (Lipinski definition) is 0. The number of benzene rings is 11. The molecule has 312 valence electrons. The average molecular weight is 834 g/mol. The van der Waals surface area contributed by atoms with Gasteiger partial charge in [-0.25, -0.2) is 0 Å². The molecule has 0 heterocycles. The highest BCUT2D eigenvalue weighted by atomic mass is 15.1. The maximum absolute atomic E-state index is 2.49. The fourth-order valence-electron chi connectivity index (χ4n) is 10.3. The smallest absolute Gasteiger partial charge is 0.0618 e. The second-order valence-electron chi connectivity index (χ2n) is 18.7. The second kappa shape index (κ2) is 16.1. The van der Waals surface area contributed by atoms with Gasteiger partial charge in [0.05, 0.1) is 5.69 Å². The highest BCUT2D eigenvalue weighted by Crippen LogP contribution is 2.50. The molecule has 65 heavy (non-hydrogen) atoms. The summed E-state index contributed by atoms with van der Waals surface area (Å²) in [5.74, 6) is 0. The molecule has 0 aliphatic rings. The fraction of sp³-hybridized carbons (Fsp3) is 0.0938. The topological polar surface area (TPSA) is 3.24 Å². The van der Waals surface area contributed by atoms with Gasteiger partial charge in [-0.15, -0.1) is 0 Å². The Morgan fingerprint density at radius 3 is 1.17 bits per heavy atom. The number of hydrogen-bond acceptors (Lipinski definition) is 1. The summed E-state index contributed by atoms with van der Waals surface area (Å²) in [7, 11) is 0. The molecule has 0 aromatic heterocycles. The summed E-state index contributed by atoms with van der Waals surface area (Å²) in [5, 5.41) is 9.89. The molecule has 0 amide bonds. The van der Waals surface area contributed by atoms with Crippen LogP contribution in [-0.2, 0) is 5.41 Å². The lowest BCUT2D eigenvalue weighted by molar-refractivity contribution is 0.590. The van der Waals surface area contributed by atoms with E-state index in [2.05, 4.69) is 258 Å². The van der Waals surface area contributed by atoms with Crippen molar-refractivity contribution >= 4 is 60.2 Å². The summed E-state index contributed by atoms with van der Waals surface area (Å²) >= 11 is 0. The van der Waals surface area contributed by atoms with Crippen LogP contribution in [0.2, 0.25) is 0 Å². The molecule has 0 spiro atoms. The minimum absolute atomic E-state index is 0.0532. The molecule has 1 heteroatoms. The largest absolute Gasteiger partial charge is 0.309 e. The number of anilines is 3. The van der Waals surface area contributed by atoms with Crippen molar-refractivity contribution in [2.24, 2.45) is 0 Å². The van der Waals surface area contributed by atoms with Crippen LogP contribution in [-0.4, -0.2) is 0 Å². The molecular weight excluding hydrogens is 783 g/mol. The highest BCUT2D eigenvalue weighted by Gasteiger charge is 2.24. The van der Waals surface area contributed by atoms with Crippen LogP contribution in [0.15, 0.2) is 218 Å². The van der Waals surface area contributed by atoms with Gasteiger partial charge < -0.3 is 4.90 Å². The summed E-state index contributed by atoms with van der Waals surface area (Å²) in [5.41, 5.74) is 17.2. The molecular formula is C64H51N. The summed E-state index contributed by atoms with van der Waals surface area (Å²) in [6.45, 7) is 11.2. The predicted octanol–water partition coefficient (Wildman–Crippen LogP) is 18.4. The van der Waals surface area contributed by atoms with Crippen LogP contribution in [0.3, 0.4) is 0 Å². The number of fused-ring (bicyclic) bond motifs is 4. The predicted molar refractivity (Wildman–Crippen MR) is 281 cm³/mol. The second-order valence-corrected chi connectivity index (χ2v) is 18.7. The van der Waals surface area contributed by atoms with Crippen molar-refractivity contribution in [2.45, 2.75) is 40.0 Å². The van der Waals surface area contributed by atoms with Gasteiger partial charge in [0.15, 0.2) is 0 Å². The third kappa shape index (κ3) is 7.14. The van der Waals surface area contributed by atoms with Crippen molar-refractivity contribution in [1.82, 2.24) is 0 Å². The highest BCUT2D eigenvalue weighted by molar-refractivity contribution is 6.24. The number of rotatable bonds is 7. The van der Waals surface area contributed by atoms with Crippen LogP contribution >= 0.6 is 0 Å². The standard InChI is InChI=1S/C64H51N/c1-42-38-43(2)40-51(39-42)65(50-35-33-49(34-36-50)64(3,4)5)63-57-26-16-14-24-54(57)61(55-25-15-17-27-58(55)63)47-30-28-46(29-31-47)60-52-22-12-13-23-53(52)62(45-20-10-7-11-21-45)59-41-48(32-37-56(59)60)44-18-8-6-9-19-44/h6-41H,1-5H3. The molecule has 0 bridgehead atoms. The molecule has 0 fully saturated rings. The maximum Gasteiger partial charge on any atom is 0.0618 e. The van der Waals surface area contributed by atoms with E-state index in [1.807, 2.05) is 0 Å². The molecule has 1 nitrogen and oxygen atoms in total. The van der Waals surface area contributed by atoms with Crippen molar-refractivity contribution in [3.05, 3.63) is 235 Å². The summed E-state index contributed by atoms with van der Waals surface area (Å²) in [6, 6.07) is 81.1. The summed E-state index contributed by atoms with van der Waals surface area (Å²) in [6.07, 6.45) is 0. The van der Waals surface area contributed by atoms with E-state index in [0.717, 1.165) is 11.4 Å². The molecule has 0 saturated heterocycles. The normalized spacial score (nSPS) is 11.8. The van der Waals surface area contributed by atoms with Crippen LogP contribution < -0.4 is 4.90 Å². The van der Waals surface area contributed by atoms with E-state index >= 15 is 0 Å². The third-order valence-corrected chi connectivity index (χ3v) is 13.2. The SMILES string of the molecule is Cc1cc(C)cc(N(c2ccc(C(C)(C)C)cc2)c2c3ccccc3c(-c3ccc(-c4c5ccccc5c(-c5ccccc5)c5cc(-c6ccccc6)ccc45)cc3)c3ccccc23)c1.